The zero-order valence-electron chi connectivity index (χ0n) is 16.5. The summed E-state index contributed by atoms with van der Waals surface area (Å²) in [6, 6.07) is 6.61. The van der Waals surface area contributed by atoms with Crippen molar-refractivity contribution in [2.75, 3.05) is 18.5 Å². The van der Waals surface area contributed by atoms with Gasteiger partial charge in [0.2, 0.25) is 0 Å². The molecule has 0 atom stereocenters. The van der Waals surface area contributed by atoms with E-state index in [1.165, 1.54) is 0 Å². The van der Waals surface area contributed by atoms with E-state index >= 15 is 0 Å². The molecule has 8 heteroatoms. The van der Waals surface area contributed by atoms with Gasteiger partial charge in [0.05, 0.1) is 0 Å². The monoisotopic (exact) mass is 389 g/mol. The molecule has 1 heterocycles. The van der Waals surface area contributed by atoms with Crippen LogP contribution in [0.4, 0.5) is 10.5 Å². The minimum Gasteiger partial charge on any atom is -0.454 e. The van der Waals surface area contributed by atoms with Crippen molar-refractivity contribution in [2.45, 2.75) is 52.0 Å². The number of amides is 4. The Labute approximate surface area is 164 Å². The molecule has 0 spiro atoms. The van der Waals surface area contributed by atoms with E-state index in [1.54, 1.807) is 12.1 Å². The fourth-order valence-electron chi connectivity index (χ4n) is 3.36. The molecule has 0 radical (unpaired) electrons. The molecule has 0 saturated carbocycles. The lowest BCUT2D eigenvalue weighted by molar-refractivity contribution is -0.150. The van der Waals surface area contributed by atoms with Gasteiger partial charge in [0.25, 0.3) is 11.8 Å². The standard InChI is InChI=1S/C20H27N3O5/c1-4-10-20(11-5-2)18(26)23(19(27)22-20)12-17(25)28-13-16(24)21-15-9-7-6-8-14(15)3/h6-9H,4-5,10-13H2,1-3H3,(H,21,24)(H,22,27). The van der Waals surface area contributed by atoms with Crippen LogP contribution in [0.3, 0.4) is 0 Å². The van der Waals surface area contributed by atoms with Gasteiger partial charge < -0.3 is 15.4 Å². The zero-order valence-corrected chi connectivity index (χ0v) is 16.5. The molecule has 152 valence electrons. The van der Waals surface area contributed by atoms with E-state index in [1.807, 2.05) is 32.9 Å². The van der Waals surface area contributed by atoms with Crippen LogP contribution >= 0.6 is 0 Å². The Morgan fingerprint density at radius 2 is 1.79 bits per heavy atom. The molecule has 1 aromatic carbocycles. The highest BCUT2D eigenvalue weighted by atomic mass is 16.5. The lowest BCUT2D eigenvalue weighted by atomic mass is 9.88. The molecule has 2 N–H and O–H groups in total. The van der Waals surface area contributed by atoms with Crippen LogP contribution in [0, 0.1) is 6.92 Å². The van der Waals surface area contributed by atoms with Crippen molar-refractivity contribution in [1.82, 2.24) is 10.2 Å². The highest BCUT2D eigenvalue weighted by molar-refractivity contribution is 6.08. The fourth-order valence-corrected chi connectivity index (χ4v) is 3.36. The van der Waals surface area contributed by atoms with E-state index in [4.69, 9.17) is 4.74 Å². The third-order valence-corrected chi connectivity index (χ3v) is 4.67. The van der Waals surface area contributed by atoms with Crippen molar-refractivity contribution in [2.24, 2.45) is 0 Å². The number of hydrogen-bond acceptors (Lipinski definition) is 5. The summed E-state index contributed by atoms with van der Waals surface area (Å²) < 4.78 is 4.94. The second kappa shape index (κ2) is 9.34. The Kier molecular flexibility index (Phi) is 7.14. The first kappa shape index (κ1) is 21.4. The second-order valence-electron chi connectivity index (χ2n) is 6.93. The number of aryl methyl sites for hydroxylation is 1. The zero-order chi connectivity index (χ0) is 20.7. The average molecular weight is 389 g/mol. The summed E-state index contributed by atoms with van der Waals surface area (Å²) in [7, 11) is 0. The predicted molar refractivity (Wildman–Crippen MR) is 104 cm³/mol. The van der Waals surface area contributed by atoms with Gasteiger partial charge in [-0.1, -0.05) is 44.9 Å². The van der Waals surface area contributed by atoms with Crippen LogP contribution in [0.2, 0.25) is 0 Å². The molecule has 1 aliphatic rings. The molecule has 8 nitrogen and oxygen atoms in total. The largest absolute Gasteiger partial charge is 0.454 e. The molecule has 0 unspecified atom stereocenters. The number of rotatable bonds is 9. The van der Waals surface area contributed by atoms with Gasteiger partial charge in [-0.3, -0.25) is 19.3 Å². The van der Waals surface area contributed by atoms with E-state index in [9.17, 15) is 19.2 Å². The van der Waals surface area contributed by atoms with Crippen molar-refractivity contribution in [3.8, 4) is 0 Å². The van der Waals surface area contributed by atoms with Gasteiger partial charge in [-0.15, -0.1) is 0 Å². The number of imide groups is 1. The Balaban J connectivity index is 1.90. The number of ether oxygens (including phenoxy) is 1. The van der Waals surface area contributed by atoms with Gasteiger partial charge in [0.15, 0.2) is 6.61 Å². The highest BCUT2D eigenvalue weighted by Gasteiger charge is 2.50. The van der Waals surface area contributed by atoms with Crippen molar-refractivity contribution < 1.29 is 23.9 Å². The number of nitrogens with one attached hydrogen (secondary N) is 2. The third-order valence-electron chi connectivity index (χ3n) is 4.67. The number of carbonyl (C=O) groups excluding carboxylic acids is 4. The van der Waals surface area contributed by atoms with Gasteiger partial charge in [0.1, 0.15) is 12.1 Å². The Morgan fingerprint density at radius 3 is 2.39 bits per heavy atom. The van der Waals surface area contributed by atoms with E-state index in [0.29, 0.717) is 18.5 Å². The van der Waals surface area contributed by atoms with Crippen molar-refractivity contribution in [3.05, 3.63) is 29.8 Å². The van der Waals surface area contributed by atoms with Crippen molar-refractivity contribution >= 4 is 29.5 Å². The first-order chi connectivity index (χ1) is 13.3. The second-order valence-corrected chi connectivity index (χ2v) is 6.93. The van der Waals surface area contributed by atoms with Crippen LogP contribution in [-0.4, -0.2) is 47.4 Å². The average Bonchev–Trinajstić information content (AvgIpc) is 2.87. The summed E-state index contributed by atoms with van der Waals surface area (Å²) >= 11 is 0. The fraction of sp³-hybridized carbons (Fsp3) is 0.500. The normalized spacial score (nSPS) is 15.3. The first-order valence-electron chi connectivity index (χ1n) is 9.48. The van der Waals surface area contributed by atoms with Crippen LogP contribution in [0.1, 0.15) is 45.1 Å². The summed E-state index contributed by atoms with van der Waals surface area (Å²) in [6.07, 6.45) is 2.47. The molecular formula is C20H27N3O5. The SMILES string of the molecule is CCCC1(CCC)NC(=O)N(CC(=O)OCC(=O)Nc2ccccc2C)C1=O. The maximum absolute atomic E-state index is 12.7. The maximum atomic E-state index is 12.7. The number of para-hydroxylation sites is 1. The predicted octanol–water partition coefficient (Wildman–Crippen LogP) is 2.37. The Bertz CT molecular complexity index is 756. The van der Waals surface area contributed by atoms with E-state index in [0.717, 1.165) is 23.3 Å². The van der Waals surface area contributed by atoms with Crippen LogP contribution < -0.4 is 10.6 Å². The summed E-state index contributed by atoms with van der Waals surface area (Å²) in [6.45, 7) is 4.70. The van der Waals surface area contributed by atoms with Crippen molar-refractivity contribution in [1.29, 1.82) is 0 Å². The molecule has 0 aliphatic carbocycles. The molecule has 0 aromatic heterocycles. The molecule has 1 aromatic rings. The van der Waals surface area contributed by atoms with Gasteiger partial charge in [-0.2, -0.15) is 0 Å². The molecule has 2 rings (SSSR count). The van der Waals surface area contributed by atoms with E-state index < -0.39 is 42.5 Å². The number of benzene rings is 1. The number of esters is 1. The minimum atomic E-state index is -0.955. The van der Waals surface area contributed by atoms with Crippen LogP contribution in [-0.2, 0) is 19.1 Å². The van der Waals surface area contributed by atoms with Crippen LogP contribution in [0.5, 0.6) is 0 Å². The first-order valence-corrected chi connectivity index (χ1v) is 9.48. The third kappa shape index (κ3) is 4.88. The van der Waals surface area contributed by atoms with Crippen LogP contribution in [0.25, 0.3) is 0 Å². The number of anilines is 1. The lowest BCUT2D eigenvalue weighted by Crippen LogP contribution is -2.47. The molecular weight excluding hydrogens is 362 g/mol. The Morgan fingerprint density at radius 1 is 1.14 bits per heavy atom. The van der Waals surface area contributed by atoms with Crippen molar-refractivity contribution in [3.63, 3.8) is 0 Å². The van der Waals surface area contributed by atoms with Gasteiger partial charge in [-0.25, -0.2) is 4.79 Å². The molecule has 4 amide bonds. The molecule has 1 fully saturated rings. The van der Waals surface area contributed by atoms with Gasteiger partial charge in [-0.05, 0) is 31.4 Å². The van der Waals surface area contributed by atoms with Gasteiger partial charge in [0, 0.05) is 5.69 Å². The number of hydrogen-bond donors (Lipinski definition) is 2. The van der Waals surface area contributed by atoms with E-state index in [-0.39, 0.29) is 0 Å². The summed E-state index contributed by atoms with van der Waals surface area (Å²) in [4.78, 5) is 49.8. The lowest BCUT2D eigenvalue weighted by Gasteiger charge is -2.25. The minimum absolute atomic E-state index is 0.414. The summed E-state index contributed by atoms with van der Waals surface area (Å²) in [5.74, 6) is -1.72. The number of urea groups is 1. The number of nitrogens with zero attached hydrogens (tertiary/aromatic N) is 1. The highest BCUT2D eigenvalue weighted by Crippen LogP contribution is 2.27. The van der Waals surface area contributed by atoms with E-state index in [2.05, 4.69) is 10.6 Å². The Hall–Kier alpha value is -2.90. The molecule has 28 heavy (non-hydrogen) atoms. The molecule has 1 aliphatic heterocycles. The maximum Gasteiger partial charge on any atom is 0.326 e. The summed E-state index contributed by atoms with van der Waals surface area (Å²) in [5, 5.41) is 5.38. The molecule has 1 saturated heterocycles. The number of carbonyl (C=O) groups is 4. The molecule has 0 bridgehead atoms. The smallest absolute Gasteiger partial charge is 0.326 e. The van der Waals surface area contributed by atoms with Crippen LogP contribution in [0.15, 0.2) is 24.3 Å². The summed E-state index contributed by atoms with van der Waals surface area (Å²) in [5.41, 5.74) is 0.551. The topological polar surface area (TPSA) is 105 Å². The van der Waals surface area contributed by atoms with Gasteiger partial charge >= 0.3 is 12.0 Å². The quantitative estimate of drug-likeness (QED) is 0.498.